The van der Waals surface area contributed by atoms with Crippen LogP contribution in [-0.2, 0) is 11.3 Å². The lowest BCUT2D eigenvalue weighted by Gasteiger charge is -2.21. The van der Waals surface area contributed by atoms with Gasteiger partial charge in [0.1, 0.15) is 19.3 Å². The van der Waals surface area contributed by atoms with Crippen LogP contribution in [0.3, 0.4) is 0 Å². The fraction of sp³-hybridized carbons (Fsp3) is 0.500. The van der Waals surface area contributed by atoms with Crippen LogP contribution in [0.25, 0.3) is 0 Å². The van der Waals surface area contributed by atoms with Crippen molar-refractivity contribution in [3.05, 3.63) is 22.7 Å². The van der Waals surface area contributed by atoms with E-state index in [1.807, 2.05) is 13.8 Å². The first-order valence-corrected chi connectivity index (χ1v) is 8.03. The van der Waals surface area contributed by atoms with Crippen LogP contribution in [0.15, 0.2) is 12.1 Å². The van der Waals surface area contributed by atoms with Gasteiger partial charge in [0.2, 0.25) is 0 Å². The number of carbonyl (C=O) groups excluding carboxylic acids is 2. The average molecular weight is 339 g/mol. The molecule has 3 amide bonds. The van der Waals surface area contributed by atoms with Crippen LogP contribution in [0.2, 0.25) is 5.02 Å². The number of amides is 3. The number of nitrogens with one attached hydrogen (secondary N) is 1. The number of imide groups is 1. The molecule has 0 unspecified atom stereocenters. The molecular formula is C16H19ClN2O4. The lowest BCUT2D eigenvalue weighted by Crippen LogP contribution is -2.31. The highest BCUT2D eigenvalue weighted by Crippen LogP contribution is 2.38. The van der Waals surface area contributed by atoms with Gasteiger partial charge in [0.15, 0.2) is 11.5 Å². The van der Waals surface area contributed by atoms with Gasteiger partial charge in [-0.25, -0.2) is 4.79 Å². The van der Waals surface area contributed by atoms with E-state index in [0.717, 1.165) is 5.56 Å². The number of nitrogens with zero attached hydrogens (tertiary/aromatic N) is 1. The summed E-state index contributed by atoms with van der Waals surface area (Å²) in [4.78, 5) is 25.7. The zero-order valence-corrected chi connectivity index (χ0v) is 13.9. The van der Waals surface area contributed by atoms with E-state index in [9.17, 15) is 9.59 Å². The van der Waals surface area contributed by atoms with Gasteiger partial charge in [0.25, 0.3) is 5.91 Å². The maximum atomic E-state index is 12.4. The average Bonchev–Trinajstić information content (AvgIpc) is 2.74. The van der Waals surface area contributed by atoms with Crippen molar-refractivity contribution in [1.29, 1.82) is 0 Å². The molecule has 0 radical (unpaired) electrons. The van der Waals surface area contributed by atoms with Gasteiger partial charge in [-0.3, -0.25) is 9.69 Å². The minimum atomic E-state index is -0.449. The Kier molecular flexibility index (Phi) is 4.35. The van der Waals surface area contributed by atoms with Crippen molar-refractivity contribution in [3.63, 3.8) is 0 Å². The Labute approximate surface area is 139 Å². The van der Waals surface area contributed by atoms with Crippen LogP contribution < -0.4 is 14.8 Å². The van der Waals surface area contributed by atoms with E-state index in [-0.39, 0.29) is 18.5 Å². The van der Waals surface area contributed by atoms with Gasteiger partial charge in [-0.05, 0) is 30.0 Å². The Morgan fingerprint density at radius 2 is 2.04 bits per heavy atom. The van der Waals surface area contributed by atoms with Crippen LogP contribution in [0.4, 0.5) is 4.79 Å². The summed E-state index contributed by atoms with van der Waals surface area (Å²) >= 11 is 6.19. The van der Waals surface area contributed by atoms with E-state index in [1.165, 1.54) is 4.90 Å². The van der Waals surface area contributed by atoms with Crippen molar-refractivity contribution in [1.82, 2.24) is 10.2 Å². The highest BCUT2D eigenvalue weighted by Gasteiger charge is 2.38. The number of rotatable bonds is 4. The van der Waals surface area contributed by atoms with Gasteiger partial charge in [0, 0.05) is 0 Å². The highest BCUT2D eigenvalue weighted by molar-refractivity contribution is 6.32. The van der Waals surface area contributed by atoms with E-state index in [1.54, 1.807) is 12.1 Å². The number of hydrogen-bond acceptors (Lipinski definition) is 4. The molecular weight excluding hydrogens is 320 g/mol. The van der Waals surface area contributed by atoms with E-state index in [2.05, 4.69) is 5.32 Å². The molecule has 0 saturated carbocycles. The summed E-state index contributed by atoms with van der Waals surface area (Å²) in [7, 11) is 0. The Morgan fingerprint density at radius 1 is 1.30 bits per heavy atom. The van der Waals surface area contributed by atoms with E-state index >= 15 is 0 Å². The van der Waals surface area contributed by atoms with Crippen molar-refractivity contribution >= 4 is 23.5 Å². The smallest absolute Gasteiger partial charge is 0.325 e. The molecule has 3 rings (SSSR count). The molecule has 2 aliphatic heterocycles. The number of urea groups is 1. The molecule has 6 nitrogen and oxygen atoms in total. The predicted octanol–water partition coefficient (Wildman–Crippen LogP) is 2.58. The lowest BCUT2D eigenvalue weighted by molar-refractivity contribution is -0.128. The largest absolute Gasteiger partial charge is 0.486 e. The minimum Gasteiger partial charge on any atom is -0.486 e. The molecule has 1 aromatic rings. The molecule has 1 N–H and O–H groups in total. The van der Waals surface area contributed by atoms with Gasteiger partial charge < -0.3 is 14.8 Å². The second-order valence-electron chi connectivity index (χ2n) is 6.16. The van der Waals surface area contributed by atoms with Crippen LogP contribution in [0, 0.1) is 5.92 Å². The summed E-state index contributed by atoms with van der Waals surface area (Å²) in [5.74, 6) is 1.18. The third-order valence-corrected chi connectivity index (χ3v) is 4.09. The van der Waals surface area contributed by atoms with Crippen LogP contribution in [0.5, 0.6) is 11.5 Å². The minimum absolute atomic E-state index is 0.162. The van der Waals surface area contributed by atoms with E-state index in [4.69, 9.17) is 21.1 Å². The van der Waals surface area contributed by atoms with Gasteiger partial charge in [-0.1, -0.05) is 25.4 Å². The van der Waals surface area contributed by atoms with Crippen LogP contribution in [-0.4, -0.2) is 36.1 Å². The molecule has 1 saturated heterocycles. The number of ether oxygens (including phenoxy) is 2. The summed E-state index contributed by atoms with van der Waals surface area (Å²) in [6.07, 6.45) is 0.628. The quantitative estimate of drug-likeness (QED) is 0.857. The van der Waals surface area contributed by atoms with Crippen molar-refractivity contribution in [2.24, 2.45) is 5.92 Å². The molecule has 7 heteroatoms. The topological polar surface area (TPSA) is 67.9 Å². The SMILES string of the molecule is CC(C)C[C@@H]1NC(=O)N(Cc2cc(Cl)c3c(c2)OCCO3)C1=O. The predicted molar refractivity (Wildman–Crippen MR) is 84.8 cm³/mol. The molecule has 0 bridgehead atoms. The number of halogens is 1. The summed E-state index contributed by atoms with van der Waals surface area (Å²) in [6.45, 7) is 5.10. The Hall–Kier alpha value is -1.95. The van der Waals surface area contributed by atoms with Gasteiger partial charge >= 0.3 is 6.03 Å². The molecule has 1 atom stereocenters. The van der Waals surface area contributed by atoms with Crippen molar-refractivity contribution in [2.75, 3.05) is 13.2 Å². The van der Waals surface area contributed by atoms with Gasteiger partial charge in [-0.15, -0.1) is 0 Å². The zero-order valence-electron chi connectivity index (χ0n) is 13.1. The van der Waals surface area contributed by atoms with Gasteiger partial charge in [-0.2, -0.15) is 0 Å². The third kappa shape index (κ3) is 3.22. The molecule has 0 aliphatic carbocycles. The molecule has 124 valence electrons. The molecule has 1 fully saturated rings. The summed E-state index contributed by atoms with van der Waals surface area (Å²) in [5.41, 5.74) is 0.730. The fourth-order valence-corrected chi connectivity index (χ4v) is 3.08. The van der Waals surface area contributed by atoms with E-state index in [0.29, 0.717) is 42.1 Å². The maximum absolute atomic E-state index is 12.4. The van der Waals surface area contributed by atoms with Gasteiger partial charge in [0.05, 0.1) is 11.6 Å². The Balaban J connectivity index is 1.78. The van der Waals surface area contributed by atoms with Crippen LogP contribution >= 0.6 is 11.6 Å². The summed E-state index contributed by atoms with van der Waals surface area (Å²) < 4.78 is 11.0. The van der Waals surface area contributed by atoms with Crippen molar-refractivity contribution in [2.45, 2.75) is 32.9 Å². The number of fused-ring (bicyclic) bond motifs is 1. The normalized spacial score (nSPS) is 20.2. The first-order chi connectivity index (χ1) is 11.0. The first-order valence-electron chi connectivity index (χ1n) is 7.65. The molecule has 0 aromatic heterocycles. The Morgan fingerprint density at radius 3 is 2.78 bits per heavy atom. The second-order valence-corrected chi connectivity index (χ2v) is 6.57. The van der Waals surface area contributed by atoms with E-state index < -0.39 is 6.04 Å². The maximum Gasteiger partial charge on any atom is 0.325 e. The molecule has 1 aromatic carbocycles. The van der Waals surface area contributed by atoms with Crippen molar-refractivity contribution in [3.8, 4) is 11.5 Å². The fourth-order valence-electron chi connectivity index (χ4n) is 2.80. The highest BCUT2D eigenvalue weighted by atomic mass is 35.5. The zero-order chi connectivity index (χ0) is 16.6. The third-order valence-electron chi connectivity index (χ3n) is 3.81. The second kappa shape index (κ2) is 6.28. The summed E-state index contributed by atoms with van der Waals surface area (Å²) in [5, 5.41) is 3.15. The first kappa shape index (κ1) is 15.9. The number of carbonyl (C=O) groups is 2. The monoisotopic (exact) mass is 338 g/mol. The van der Waals surface area contributed by atoms with Crippen LogP contribution in [0.1, 0.15) is 25.8 Å². The standard InChI is InChI=1S/C16H19ClN2O4/c1-9(2)5-12-15(20)19(16(21)18-12)8-10-6-11(17)14-13(7-10)22-3-4-23-14/h6-7,9,12H,3-5,8H2,1-2H3,(H,18,21)/t12-/m0/s1. The summed E-state index contributed by atoms with van der Waals surface area (Å²) in [6, 6.07) is 2.64. The number of benzene rings is 1. The molecule has 2 heterocycles. The molecule has 0 spiro atoms. The molecule has 2 aliphatic rings. The number of hydrogen-bond donors (Lipinski definition) is 1. The van der Waals surface area contributed by atoms with Crippen molar-refractivity contribution < 1.29 is 19.1 Å². The molecule has 23 heavy (non-hydrogen) atoms. The Bertz CT molecular complexity index is 647. The lowest BCUT2D eigenvalue weighted by atomic mass is 10.0.